The number of nitrogens with zero attached hydrogens (tertiary/aromatic N) is 2. The van der Waals surface area contributed by atoms with Crippen molar-refractivity contribution in [2.45, 2.75) is 13.8 Å². The number of nitrogens with one attached hydrogen (secondary N) is 1. The number of hydrogen-bond acceptors (Lipinski definition) is 3. The summed E-state index contributed by atoms with van der Waals surface area (Å²) in [4.78, 5) is 12.2. The number of aryl methyl sites for hydroxylation is 2. The van der Waals surface area contributed by atoms with Crippen LogP contribution in [0.3, 0.4) is 0 Å². The fraction of sp³-hybridized carbons (Fsp3) is 0.158. The lowest BCUT2D eigenvalue weighted by Crippen LogP contribution is -2.21. The minimum atomic E-state index is -0.238. The highest BCUT2D eigenvalue weighted by Gasteiger charge is 2.12. The number of aromatic nitrogens is 2. The number of amides is 1. The van der Waals surface area contributed by atoms with E-state index >= 15 is 0 Å². The average molecular weight is 400 g/mol. The van der Waals surface area contributed by atoms with E-state index in [4.69, 9.17) is 4.74 Å². The summed E-state index contributed by atoms with van der Waals surface area (Å²) in [5.41, 5.74) is 2.76. The molecule has 1 aromatic heterocycles. The van der Waals surface area contributed by atoms with E-state index in [0.29, 0.717) is 11.6 Å². The molecule has 0 atom stereocenters. The summed E-state index contributed by atoms with van der Waals surface area (Å²) in [6.07, 6.45) is 0. The van der Waals surface area contributed by atoms with Crippen LogP contribution in [-0.4, -0.2) is 22.3 Å². The number of carbonyl (C=O) groups is 1. The summed E-state index contributed by atoms with van der Waals surface area (Å²) >= 11 is 3.45. The monoisotopic (exact) mass is 399 g/mol. The molecule has 0 saturated heterocycles. The van der Waals surface area contributed by atoms with E-state index in [-0.39, 0.29) is 12.5 Å². The van der Waals surface area contributed by atoms with Crippen LogP contribution >= 0.6 is 15.9 Å². The molecule has 0 radical (unpaired) electrons. The number of halogens is 1. The summed E-state index contributed by atoms with van der Waals surface area (Å²) in [5, 5.41) is 7.30. The van der Waals surface area contributed by atoms with Crippen molar-refractivity contribution in [1.29, 1.82) is 0 Å². The second kappa shape index (κ2) is 7.53. The Kier molecular flexibility index (Phi) is 5.19. The van der Waals surface area contributed by atoms with Gasteiger partial charge in [-0.05, 0) is 49.7 Å². The zero-order valence-corrected chi connectivity index (χ0v) is 15.6. The molecule has 6 heteroatoms. The van der Waals surface area contributed by atoms with Gasteiger partial charge in [-0.2, -0.15) is 5.10 Å². The first-order valence-electron chi connectivity index (χ1n) is 7.83. The molecule has 1 amide bonds. The average Bonchev–Trinajstić information content (AvgIpc) is 2.93. The van der Waals surface area contributed by atoms with E-state index in [9.17, 15) is 4.79 Å². The number of hydrogen-bond donors (Lipinski definition) is 1. The van der Waals surface area contributed by atoms with Crippen LogP contribution in [0.25, 0.3) is 5.69 Å². The van der Waals surface area contributed by atoms with Crippen LogP contribution in [0, 0.1) is 13.8 Å². The first-order valence-corrected chi connectivity index (χ1v) is 8.62. The highest BCUT2D eigenvalue weighted by molar-refractivity contribution is 9.10. The molecule has 0 saturated carbocycles. The predicted molar refractivity (Wildman–Crippen MR) is 101 cm³/mol. The molecule has 128 valence electrons. The molecule has 1 heterocycles. The molecular formula is C19H18BrN3O2. The molecule has 0 aliphatic rings. The van der Waals surface area contributed by atoms with Crippen LogP contribution in [-0.2, 0) is 4.79 Å². The Hall–Kier alpha value is -2.60. The van der Waals surface area contributed by atoms with Gasteiger partial charge in [-0.3, -0.25) is 4.79 Å². The molecule has 3 aromatic rings. The maximum atomic E-state index is 12.2. The summed E-state index contributed by atoms with van der Waals surface area (Å²) in [7, 11) is 0. The van der Waals surface area contributed by atoms with Crippen molar-refractivity contribution in [2.75, 3.05) is 11.9 Å². The second-order valence-corrected chi connectivity index (χ2v) is 6.63. The van der Waals surface area contributed by atoms with Crippen molar-refractivity contribution in [3.05, 3.63) is 70.3 Å². The number of ether oxygens (including phenoxy) is 1. The molecule has 0 aliphatic heterocycles. The molecule has 0 aliphatic carbocycles. The van der Waals surface area contributed by atoms with Gasteiger partial charge in [0.25, 0.3) is 5.91 Å². The van der Waals surface area contributed by atoms with Gasteiger partial charge in [0.05, 0.1) is 11.4 Å². The highest BCUT2D eigenvalue weighted by atomic mass is 79.9. The van der Waals surface area contributed by atoms with Gasteiger partial charge in [0.15, 0.2) is 6.61 Å². The fourth-order valence-electron chi connectivity index (χ4n) is 2.43. The van der Waals surface area contributed by atoms with Crippen LogP contribution in [0.15, 0.2) is 59.1 Å². The first-order chi connectivity index (χ1) is 12.0. The quantitative estimate of drug-likeness (QED) is 0.696. The summed E-state index contributed by atoms with van der Waals surface area (Å²) in [6.45, 7) is 3.80. The fourth-order valence-corrected chi connectivity index (χ4v) is 2.81. The molecule has 2 aromatic carbocycles. The largest absolute Gasteiger partial charge is 0.484 e. The Morgan fingerprint density at radius 3 is 2.72 bits per heavy atom. The summed E-state index contributed by atoms with van der Waals surface area (Å²) < 4.78 is 8.18. The van der Waals surface area contributed by atoms with Crippen molar-refractivity contribution >= 4 is 27.7 Å². The lowest BCUT2D eigenvalue weighted by Gasteiger charge is -2.10. The van der Waals surface area contributed by atoms with Gasteiger partial charge < -0.3 is 10.1 Å². The first kappa shape index (κ1) is 17.2. The van der Waals surface area contributed by atoms with E-state index in [1.807, 2.05) is 68.4 Å². The zero-order chi connectivity index (χ0) is 17.8. The summed E-state index contributed by atoms with van der Waals surface area (Å²) in [6, 6.07) is 17.1. The molecule has 0 fully saturated rings. The number of benzene rings is 2. The standard InChI is InChI=1S/C19H18BrN3O2/c1-13-5-3-8-17(9-13)25-12-19(24)21-18-10-14(2)22-23(18)16-7-4-6-15(20)11-16/h3-11H,12H2,1-2H3,(H,21,24). The van der Waals surface area contributed by atoms with Crippen molar-refractivity contribution in [1.82, 2.24) is 9.78 Å². The van der Waals surface area contributed by atoms with Crippen LogP contribution in [0.5, 0.6) is 5.75 Å². The van der Waals surface area contributed by atoms with Crippen LogP contribution in [0.2, 0.25) is 0 Å². The van der Waals surface area contributed by atoms with E-state index in [2.05, 4.69) is 26.3 Å². The number of carbonyl (C=O) groups excluding carboxylic acids is 1. The van der Waals surface area contributed by atoms with Crippen molar-refractivity contribution < 1.29 is 9.53 Å². The molecule has 5 nitrogen and oxygen atoms in total. The Balaban J connectivity index is 1.71. The minimum Gasteiger partial charge on any atom is -0.484 e. The predicted octanol–water partition coefficient (Wildman–Crippen LogP) is 4.27. The van der Waals surface area contributed by atoms with Gasteiger partial charge in [0.2, 0.25) is 0 Å². The SMILES string of the molecule is Cc1cccc(OCC(=O)Nc2cc(C)nn2-c2cccc(Br)c2)c1. The van der Waals surface area contributed by atoms with Gasteiger partial charge in [-0.1, -0.05) is 34.1 Å². The van der Waals surface area contributed by atoms with E-state index in [0.717, 1.165) is 21.4 Å². The molecule has 1 N–H and O–H groups in total. The molecule has 0 unspecified atom stereocenters. The Morgan fingerprint density at radius 1 is 1.16 bits per heavy atom. The number of rotatable bonds is 5. The zero-order valence-electron chi connectivity index (χ0n) is 14.0. The van der Waals surface area contributed by atoms with E-state index in [1.54, 1.807) is 4.68 Å². The molecule has 25 heavy (non-hydrogen) atoms. The molecular weight excluding hydrogens is 382 g/mol. The topological polar surface area (TPSA) is 56.1 Å². The van der Waals surface area contributed by atoms with Crippen molar-refractivity contribution in [3.63, 3.8) is 0 Å². The molecule has 0 spiro atoms. The Bertz CT molecular complexity index is 905. The van der Waals surface area contributed by atoms with Gasteiger partial charge in [-0.15, -0.1) is 0 Å². The Labute approximate surface area is 154 Å². The number of anilines is 1. The maximum Gasteiger partial charge on any atom is 0.263 e. The van der Waals surface area contributed by atoms with Crippen LogP contribution in [0.1, 0.15) is 11.3 Å². The molecule has 0 bridgehead atoms. The van der Waals surface area contributed by atoms with Gasteiger partial charge in [0.1, 0.15) is 11.6 Å². The lowest BCUT2D eigenvalue weighted by atomic mass is 10.2. The highest BCUT2D eigenvalue weighted by Crippen LogP contribution is 2.20. The normalized spacial score (nSPS) is 10.5. The van der Waals surface area contributed by atoms with Gasteiger partial charge >= 0.3 is 0 Å². The van der Waals surface area contributed by atoms with Crippen molar-refractivity contribution in [3.8, 4) is 11.4 Å². The Morgan fingerprint density at radius 2 is 1.96 bits per heavy atom. The minimum absolute atomic E-state index is 0.0633. The third-order valence-electron chi connectivity index (χ3n) is 3.51. The third-order valence-corrected chi connectivity index (χ3v) is 4.00. The maximum absolute atomic E-state index is 12.2. The van der Waals surface area contributed by atoms with Crippen LogP contribution in [0.4, 0.5) is 5.82 Å². The van der Waals surface area contributed by atoms with Gasteiger partial charge in [0, 0.05) is 10.5 Å². The smallest absolute Gasteiger partial charge is 0.263 e. The van der Waals surface area contributed by atoms with Crippen LogP contribution < -0.4 is 10.1 Å². The van der Waals surface area contributed by atoms with Gasteiger partial charge in [-0.25, -0.2) is 4.68 Å². The van der Waals surface area contributed by atoms with E-state index in [1.165, 1.54) is 0 Å². The lowest BCUT2D eigenvalue weighted by molar-refractivity contribution is -0.118. The third kappa shape index (κ3) is 4.48. The summed E-state index contributed by atoms with van der Waals surface area (Å²) in [5.74, 6) is 1.04. The van der Waals surface area contributed by atoms with Crippen molar-refractivity contribution in [2.24, 2.45) is 0 Å². The molecule has 3 rings (SSSR count). The second-order valence-electron chi connectivity index (χ2n) is 5.72. The van der Waals surface area contributed by atoms with E-state index < -0.39 is 0 Å².